The van der Waals surface area contributed by atoms with Crippen molar-refractivity contribution in [2.24, 2.45) is 11.7 Å². The van der Waals surface area contributed by atoms with E-state index < -0.39 is 12.1 Å². The maximum absolute atomic E-state index is 12.2. The summed E-state index contributed by atoms with van der Waals surface area (Å²) < 4.78 is 10.6. The Kier molecular flexibility index (Phi) is 5.67. The van der Waals surface area contributed by atoms with Crippen LogP contribution in [0.3, 0.4) is 0 Å². The van der Waals surface area contributed by atoms with Crippen molar-refractivity contribution in [3.05, 3.63) is 23.8 Å². The van der Waals surface area contributed by atoms with E-state index in [-0.39, 0.29) is 18.6 Å². The molecule has 0 aliphatic carbocycles. The molecule has 7 heteroatoms. The molecule has 1 heterocycles. The topological polar surface area (TPSA) is 103 Å². The van der Waals surface area contributed by atoms with Crippen LogP contribution >= 0.6 is 0 Å². The van der Waals surface area contributed by atoms with Crippen LogP contribution in [0, 0.1) is 5.92 Å². The van der Waals surface area contributed by atoms with Crippen molar-refractivity contribution in [3.8, 4) is 11.5 Å². The molecule has 0 unspecified atom stereocenters. The highest BCUT2D eigenvalue weighted by Gasteiger charge is 2.20. The zero-order valence-corrected chi connectivity index (χ0v) is 13.4. The van der Waals surface area contributed by atoms with Gasteiger partial charge in [-0.15, -0.1) is 0 Å². The van der Waals surface area contributed by atoms with E-state index >= 15 is 0 Å². The summed E-state index contributed by atoms with van der Waals surface area (Å²) in [7, 11) is 0. The first-order chi connectivity index (χ1) is 11.0. The highest BCUT2D eigenvalue weighted by Crippen LogP contribution is 2.32. The van der Waals surface area contributed by atoms with Crippen molar-refractivity contribution in [2.75, 3.05) is 13.3 Å². The lowest BCUT2D eigenvalue weighted by molar-refractivity contribution is -0.123. The van der Waals surface area contributed by atoms with Crippen LogP contribution in [0.15, 0.2) is 18.2 Å². The largest absolute Gasteiger partial charge is 0.454 e. The first kappa shape index (κ1) is 16.9. The van der Waals surface area contributed by atoms with E-state index in [1.807, 2.05) is 32.0 Å². The minimum atomic E-state index is -0.693. The molecule has 1 aromatic rings. The van der Waals surface area contributed by atoms with Crippen molar-refractivity contribution >= 4 is 11.9 Å². The van der Waals surface area contributed by atoms with Gasteiger partial charge in [0.15, 0.2) is 11.5 Å². The fourth-order valence-electron chi connectivity index (χ4n) is 2.42. The van der Waals surface area contributed by atoms with E-state index in [4.69, 9.17) is 15.2 Å². The van der Waals surface area contributed by atoms with Crippen LogP contribution in [0.5, 0.6) is 11.5 Å². The molecule has 1 aliphatic rings. The number of carbonyl (C=O) groups is 2. The lowest BCUT2D eigenvalue weighted by Gasteiger charge is -2.19. The molecule has 2 rings (SSSR count). The van der Waals surface area contributed by atoms with E-state index in [0.717, 1.165) is 17.1 Å². The average Bonchev–Trinajstić information content (AvgIpc) is 2.93. The van der Waals surface area contributed by atoms with Crippen molar-refractivity contribution in [2.45, 2.75) is 32.7 Å². The third kappa shape index (κ3) is 5.05. The van der Waals surface area contributed by atoms with Gasteiger partial charge in [-0.25, -0.2) is 4.79 Å². The molecule has 0 fully saturated rings. The molecular formula is C16H23N3O4. The van der Waals surface area contributed by atoms with Crippen molar-refractivity contribution in [1.82, 2.24) is 10.6 Å². The molecule has 0 aromatic heterocycles. The molecule has 3 amide bonds. The second-order valence-corrected chi connectivity index (χ2v) is 5.92. The third-order valence-corrected chi connectivity index (χ3v) is 3.49. The van der Waals surface area contributed by atoms with Crippen LogP contribution < -0.4 is 25.8 Å². The second kappa shape index (κ2) is 7.71. The predicted molar refractivity (Wildman–Crippen MR) is 85.2 cm³/mol. The molecule has 4 N–H and O–H groups in total. The van der Waals surface area contributed by atoms with Gasteiger partial charge in [0.2, 0.25) is 12.7 Å². The number of amides is 3. The molecule has 0 radical (unpaired) electrons. The van der Waals surface area contributed by atoms with Gasteiger partial charge in [-0.3, -0.25) is 4.79 Å². The van der Waals surface area contributed by atoms with Crippen molar-refractivity contribution < 1.29 is 19.1 Å². The Morgan fingerprint density at radius 1 is 1.26 bits per heavy atom. The predicted octanol–water partition coefficient (Wildman–Crippen LogP) is 1.16. The summed E-state index contributed by atoms with van der Waals surface area (Å²) in [6.07, 6.45) is 1.20. The van der Waals surface area contributed by atoms with Crippen molar-refractivity contribution in [3.63, 3.8) is 0 Å². The summed E-state index contributed by atoms with van der Waals surface area (Å²) in [5.41, 5.74) is 6.16. The Morgan fingerprint density at radius 3 is 2.70 bits per heavy atom. The smallest absolute Gasteiger partial charge is 0.312 e. The standard InChI is InChI=1S/C16H23N3O4/c1-10(2)7-12(19-16(17)21)15(20)18-6-5-11-3-4-13-14(8-11)23-9-22-13/h3-4,8,10,12H,5-7,9H2,1-2H3,(H,18,20)(H3,17,19,21)/t12-/m0/s1. The molecule has 23 heavy (non-hydrogen) atoms. The summed E-state index contributed by atoms with van der Waals surface area (Å²) in [5, 5.41) is 5.31. The number of benzene rings is 1. The van der Waals surface area contributed by atoms with E-state index in [9.17, 15) is 9.59 Å². The lowest BCUT2D eigenvalue weighted by atomic mass is 10.0. The average molecular weight is 321 g/mol. The number of ether oxygens (including phenoxy) is 2. The summed E-state index contributed by atoms with van der Waals surface area (Å²) in [4.78, 5) is 23.2. The Labute approximate surface area is 135 Å². The lowest BCUT2D eigenvalue weighted by Crippen LogP contribution is -2.49. The van der Waals surface area contributed by atoms with E-state index in [2.05, 4.69) is 10.6 Å². The van der Waals surface area contributed by atoms with Gasteiger partial charge in [-0.1, -0.05) is 19.9 Å². The fraction of sp³-hybridized carbons (Fsp3) is 0.500. The Bertz CT molecular complexity index is 574. The number of nitrogens with two attached hydrogens (primary N) is 1. The number of primary amides is 1. The van der Waals surface area contributed by atoms with Crippen LogP contribution in [0.1, 0.15) is 25.8 Å². The first-order valence-corrected chi connectivity index (χ1v) is 7.68. The molecule has 0 saturated carbocycles. The van der Waals surface area contributed by atoms with Crippen LogP contribution in [-0.4, -0.2) is 31.3 Å². The van der Waals surface area contributed by atoms with E-state index in [0.29, 0.717) is 19.4 Å². The first-order valence-electron chi connectivity index (χ1n) is 7.68. The highest BCUT2D eigenvalue weighted by atomic mass is 16.7. The Morgan fingerprint density at radius 2 is 2.00 bits per heavy atom. The fourth-order valence-corrected chi connectivity index (χ4v) is 2.42. The number of nitrogens with one attached hydrogen (secondary N) is 2. The molecule has 0 bridgehead atoms. The molecule has 126 valence electrons. The summed E-state index contributed by atoms with van der Waals surface area (Å²) in [6, 6.07) is 4.40. The summed E-state index contributed by atoms with van der Waals surface area (Å²) in [6.45, 7) is 4.67. The van der Waals surface area contributed by atoms with Crippen LogP contribution in [-0.2, 0) is 11.2 Å². The molecule has 1 atom stereocenters. The zero-order valence-electron chi connectivity index (χ0n) is 13.4. The minimum Gasteiger partial charge on any atom is -0.454 e. The Balaban J connectivity index is 1.83. The number of fused-ring (bicyclic) bond motifs is 1. The van der Waals surface area contributed by atoms with E-state index in [1.54, 1.807) is 0 Å². The number of rotatable bonds is 7. The number of carbonyl (C=O) groups excluding carboxylic acids is 2. The van der Waals surface area contributed by atoms with Crippen LogP contribution in [0.2, 0.25) is 0 Å². The molecule has 7 nitrogen and oxygen atoms in total. The van der Waals surface area contributed by atoms with Gasteiger partial charge < -0.3 is 25.8 Å². The second-order valence-electron chi connectivity index (χ2n) is 5.92. The molecule has 0 saturated heterocycles. The van der Waals surface area contributed by atoms with Gasteiger partial charge in [-0.05, 0) is 36.5 Å². The van der Waals surface area contributed by atoms with Gasteiger partial charge in [0.1, 0.15) is 6.04 Å². The summed E-state index contributed by atoms with van der Waals surface area (Å²) >= 11 is 0. The Hall–Kier alpha value is -2.44. The molecule has 1 aromatic carbocycles. The van der Waals surface area contributed by atoms with Gasteiger partial charge >= 0.3 is 6.03 Å². The van der Waals surface area contributed by atoms with Gasteiger partial charge in [0, 0.05) is 6.54 Å². The summed E-state index contributed by atoms with van der Waals surface area (Å²) in [5.74, 6) is 1.51. The van der Waals surface area contributed by atoms with E-state index in [1.165, 1.54) is 0 Å². The number of hydrogen-bond donors (Lipinski definition) is 3. The van der Waals surface area contributed by atoms with Gasteiger partial charge in [-0.2, -0.15) is 0 Å². The van der Waals surface area contributed by atoms with Gasteiger partial charge in [0.05, 0.1) is 0 Å². The quantitative estimate of drug-likeness (QED) is 0.701. The monoisotopic (exact) mass is 321 g/mol. The normalized spacial score (nSPS) is 13.7. The zero-order chi connectivity index (χ0) is 16.8. The maximum Gasteiger partial charge on any atom is 0.312 e. The van der Waals surface area contributed by atoms with Crippen LogP contribution in [0.4, 0.5) is 4.79 Å². The number of hydrogen-bond acceptors (Lipinski definition) is 4. The highest BCUT2D eigenvalue weighted by molar-refractivity contribution is 5.86. The van der Waals surface area contributed by atoms with Crippen LogP contribution in [0.25, 0.3) is 0 Å². The SMILES string of the molecule is CC(C)C[C@H](NC(N)=O)C(=O)NCCc1ccc2c(c1)OCO2. The molecule has 0 spiro atoms. The maximum atomic E-state index is 12.2. The third-order valence-electron chi connectivity index (χ3n) is 3.49. The van der Waals surface area contributed by atoms with Gasteiger partial charge in [0.25, 0.3) is 0 Å². The van der Waals surface area contributed by atoms with Crippen molar-refractivity contribution in [1.29, 1.82) is 0 Å². The number of urea groups is 1. The minimum absolute atomic E-state index is 0.224. The molecule has 1 aliphatic heterocycles. The molecular weight excluding hydrogens is 298 g/mol.